The van der Waals surface area contributed by atoms with Crippen molar-refractivity contribution >= 4 is 31.8 Å². The highest BCUT2D eigenvalue weighted by Crippen LogP contribution is 2.40. The molecule has 0 aliphatic carbocycles. The van der Waals surface area contributed by atoms with Crippen LogP contribution in [0.1, 0.15) is 32.2 Å². The molecule has 1 N–H and O–H groups in total. The van der Waals surface area contributed by atoms with E-state index in [0.717, 1.165) is 10.0 Å². The van der Waals surface area contributed by atoms with Gasteiger partial charge in [-0.15, -0.1) is 0 Å². The summed E-state index contributed by atoms with van der Waals surface area (Å²) in [5.41, 5.74) is 0.871. The lowest BCUT2D eigenvalue weighted by Crippen LogP contribution is -2.18. The van der Waals surface area contributed by atoms with Gasteiger partial charge in [-0.3, -0.25) is 4.72 Å². The van der Waals surface area contributed by atoms with E-state index in [9.17, 15) is 8.42 Å². The molecule has 0 aliphatic heterocycles. The fourth-order valence-electron chi connectivity index (χ4n) is 3.58. The van der Waals surface area contributed by atoms with Crippen molar-refractivity contribution < 1.29 is 27.4 Å². The van der Waals surface area contributed by atoms with Gasteiger partial charge in [0.25, 0.3) is 15.9 Å². The first-order valence-corrected chi connectivity index (χ1v) is 14.8. The number of aromatic nitrogens is 4. The van der Waals surface area contributed by atoms with E-state index >= 15 is 0 Å². The van der Waals surface area contributed by atoms with Crippen molar-refractivity contribution in [3.63, 3.8) is 0 Å². The van der Waals surface area contributed by atoms with Gasteiger partial charge in [0, 0.05) is 12.4 Å². The van der Waals surface area contributed by atoms with Crippen molar-refractivity contribution in [2.24, 2.45) is 0 Å². The molecule has 0 saturated heterocycles. The number of ether oxygens (including phenoxy) is 4. The maximum atomic E-state index is 13.4. The van der Waals surface area contributed by atoms with Gasteiger partial charge in [0.05, 0.1) is 16.5 Å². The number of halogens is 1. The average Bonchev–Trinajstić information content (AvgIpc) is 2.93. The van der Waals surface area contributed by atoms with E-state index in [4.69, 9.17) is 18.9 Å². The topological polar surface area (TPSA) is 135 Å². The first-order valence-electron chi connectivity index (χ1n) is 12.5. The summed E-state index contributed by atoms with van der Waals surface area (Å²) in [6.45, 7) is 7.88. The second-order valence-corrected chi connectivity index (χ2v) is 12.4. The molecule has 2 aromatic carbocycles. The van der Waals surface area contributed by atoms with Gasteiger partial charge >= 0.3 is 6.01 Å². The number of sulfonamides is 1. The van der Waals surface area contributed by atoms with Crippen LogP contribution in [0.4, 0.5) is 5.82 Å². The third-order valence-electron chi connectivity index (χ3n) is 5.64. The van der Waals surface area contributed by atoms with Crippen LogP contribution in [-0.2, 0) is 15.4 Å². The Bertz CT molecular complexity index is 1590. The van der Waals surface area contributed by atoms with Crippen LogP contribution in [0, 0.1) is 6.92 Å². The van der Waals surface area contributed by atoms with E-state index in [-0.39, 0.29) is 52.8 Å². The number of nitrogens with one attached hydrogen (secondary N) is 1. The number of hydrogen-bond donors (Lipinski definition) is 1. The summed E-state index contributed by atoms with van der Waals surface area (Å²) in [6, 6.07) is 13.8. The third-order valence-corrected chi connectivity index (χ3v) is 7.40. The number of rotatable bonds is 11. The van der Waals surface area contributed by atoms with Crippen LogP contribution in [0.25, 0.3) is 0 Å². The number of hydrogen-bond acceptors (Lipinski definition) is 10. The highest BCUT2D eigenvalue weighted by molar-refractivity contribution is 9.10. The number of methoxy groups -OCH3 is 1. The summed E-state index contributed by atoms with van der Waals surface area (Å²) in [4.78, 5) is 16.9. The van der Waals surface area contributed by atoms with Gasteiger partial charge in [0.2, 0.25) is 5.75 Å². The molecule has 216 valence electrons. The quantitative estimate of drug-likeness (QED) is 0.203. The van der Waals surface area contributed by atoms with Crippen LogP contribution < -0.4 is 23.7 Å². The smallest absolute Gasteiger partial charge is 0.316 e. The Balaban J connectivity index is 1.64. The lowest BCUT2D eigenvalue weighted by Gasteiger charge is -2.20. The summed E-state index contributed by atoms with van der Waals surface area (Å²) < 4.78 is 53.0. The molecule has 0 atom stereocenters. The molecule has 0 amide bonds. The minimum absolute atomic E-state index is 0.00418. The van der Waals surface area contributed by atoms with Crippen LogP contribution >= 0.6 is 15.9 Å². The largest absolute Gasteiger partial charge is 0.493 e. The molecule has 4 aromatic rings. The first-order chi connectivity index (χ1) is 19.5. The molecule has 0 radical (unpaired) electrons. The van der Waals surface area contributed by atoms with E-state index in [0.29, 0.717) is 11.5 Å². The van der Waals surface area contributed by atoms with Gasteiger partial charge in [0.15, 0.2) is 17.3 Å². The molecule has 41 heavy (non-hydrogen) atoms. The summed E-state index contributed by atoms with van der Waals surface area (Å²) >= 11 is 3.27. The van der Waals surface area contributed by atoms with Gasteiger partial charge in [-0.1, -0.05) is 45.0 Å². The number of anilines is 1. The van der Waals surface area contributed by atoms with Crippen LogP contribution in [0.15, 0.2) is 70.3 Å². The second kappa shape index (κ2) is 12.7. The Kier molecular flexibility index (Phi) is 9.28. The van der Waals surface area contributed by atoms with Gasteiger partial charge in [-0.05, 0) is 58.1 Å². The zero-order chi connectivity index (χ0) is 29.6. The van der Waals surface area contributed by atoms with Gasteiger partial charge < -0.3 is 18.9 Å². The molecule has 2 aromatic heterocycles. The highest BCUT2D eigenvalue weighted by atomic mass is 79.9. The van der Waals surface area contributed by atoms with Gasteiger partial charge in [0.1, 0.15) is 19.0 Å². The zero-order valence-electron chi connectivity index (χ0n) is 23.2. The standard InChI is InChI=1S/C28H30BrN5O6S/c1-18-32-25(34-41(35,36)21-12-10-19(11-13-21)28(2,3)4)24(40-23-9-7-6-8-22(23)37-5)26(33-18)38-14-15-39-27-30-16-20(29)17-31-27/h6-13,16-17H,14-15H2,1-5H3,(H,32,33,34). The number of nitrogens with zero attached hydrogens (tertiary/aromatic N) is 4. The lowest BCUT2D eigenvalue weighted by atomic mass is 9.87. The Hall–Kier alpha value is -3.97. The maximum absolute atomic E-state index is 13.4. The van der Waals surface area contributed by atoms with Crippen molar-refractivity contribution in [3.05, 3.63) is 76.8 Å². The molecular formula is C28H30BrN5O6S. The van der Waals surface area contributed by atoms with Crippen molar-refractivity contribution in [2.45, 2.75) is 38.0 Å². The Morgan fingerprint density at radius 3 is 2.17 bits per heavy atom. The minimum Gasteiger partial charge on any atom is -0.493 e. The summed E-state index contributed by atoms with van der Waals surface area (Å²) in [6.07, 6.45) is 3.12. The molecule has 0 aliphatic rings. The molecular weight excluding hydrogens is 614 g/mol. The number of aryl methyl sites for hydroxylation is 1. The molecule has 4 rings (SSSR count). The normalized spacial score (nSPS) is 11.6. The van der Waals surface area contributed by atoms with E-state index in [1.54, 1.807) is 67.8 Å². The Labute approximate surface area is 247 Å². The summed E-state index contributed by atoms with van der Waals surface area (Å²) in [5, 5.41) is 0. The summed E-state index contributed by atoms with van der Waals surface area (Å²) in [7, 11) is -2.56. The predicted molar refractivity (Wildman–Crippen MR) is 157 cm³/mol. The molecule has 11 nitrogen and oxygen atoms in total. The van der Waals surface area contributed by atoms with Crippen molar-refractivity contribution in [2.75, 3.05) is 25.0 Å². The van der Waals surface area contributed by atoms with E-state index < -0.39 is 10.0 Å². The van der Waals surface area contributed by atoms with Crippen molar-refractivity contribution in [3.8, 4) is 29.1 Å². The fraction of sp³-hybridized carbons (Fsp3) is 0.286. The molecule has 0 saturated carbocycles. The summed E-state index contributed by atoms with van der Waals surface area (Å²) in [5.74, 6) is 0.836. The minimum atomic E-state index is -4.06. The number of benzene rings is 2. The van der Waals surface area contributed by atoms with Crippen LogP contribution in [-0.4, -0.2) is 48.7 Å². The van der Waals surface area contributed by atoms with E-state index in [2.05, 4.69) is 61.4 Å². The SMILES string of the molecule is COc1ccccc1Oc1c(NS(=O)(=O)c2ccc(C(C)(C)C)cc2)nc(C)nc1OCCOc1ncc(Br)cn1. The predicted octanol–water partition coefficient (Wildman–Crippen LogP) is 5.69. The monoisotopic (exact) mass is 643 g/mol. The fourth-order valence-corrected chi connectivity index (χ4v) is 4.79. The molecule has 0 spiro atoms. The van der Waals surface area contributed by atoms with Crippen molar-refractivity contribution in [1.29, 1.82) is 0 Å². The highest BCUT2D eigenvalue weighted by Gasteiger charge is 2.25. The molecule has 2 heterocycles. The third kappa shape index (κ3) is 7.82. The van der Waals surface area contributed by atoms with Gasteiger partial charge in [-0.2, -0.15) is 4.98 Å². The second-order valence-electron chi connectivity index (χ2n) is 9.77. The molecule has 13 heteroatoms. The van der Waals surface area contributed by atoms with Crippen LogP contribution in [0.5, 0.6) is 29.1 Å². The van der Waals surface area contributed by atoms with Crippen molar-refractivity contribution in [1.82, 2.24) is 19.9 Å². The first kappa shape index (κ1) is 30.0. The maximum Gasteiger partial charge on any atom is 0.316 e. The van der Waals surface area contributed by atoms with Gasteiger partial charge in [-0.25, -0.2) is 23.4 Å². The lowest BCUT2D eigenvalue weighted by molar-refractivity contribution is 0.197. The molecule has 0 fully saturated rings. The van der Waals surface area contributed by atoms with Crippen LogP contribution in [0.3, 0.4) is 0 Å². The Morgan fingerprint density at radius 1 is 0.902 bits per heavy atom. The van der Waals surface area contributed by atoms with E-state index in [1.807, 2.05) is 0 Å². The zero-order valence-corrected chi connectivity index (χ0v) is 25.6. The molecule has 0 unspecified atom stereocenters. The van der Waals surface area contributed by atoms with E-state index in [1.165, 1.54) is 7.11 Å². The Morgan fingerprint density at radius 2 is 1.54 bits per heavy atom. The average molecular weight is 645 g/mol. The molecule has 0 bridgehead atoms. The van der Waals surface area contributed by atoms with Crippen LogP contribution in [0.2, 0.25) is 0 Å². The number of para-hydroxylation sites is 2.